The topological polar surface area (TPSA) is 108 Å². The number of carbonyl (C=O) groups is 1. The third-order valence-electron chi connectivity index (χ3n) is 6.89. The summed E-state index contributed by atoms with van der Waals surface area (Å²) in [5.41, 5.74) is 2.54. The molecule has 2 heterocycles. The molecule has 0 bridgehead atoms. The number of ether oxygens (including phenoxy) is 1. The third kappa shape index (κ3) is 6.91. The molecule has 0 saturated carbocycles. The maximum atomic E-state index is 13.8. The lowest BCUT2D eigenvalue weighted by Crippen LogP contribution is -2.34. The molecule has 0 unspecified atom stereocenters. The molecule has 220 valence electrons. The zero-order valence-electron chi connectivity index (χ0n) is 23.6. The second-order valence-electron chi connectivity index (χ2n) is 10.2. The minimum atomic E-state index is -2.45. The molecule has 9 nitrogen and oxygen atoms in total. The number of amides is 1. The fourth-order valence-electron chi connectivity index (χ4n) is 4.71. The Morgan fingerprint density at radius 3 is 2.33 bits per heavy atom. The van der Waals surface area contributed by atoms with E-state index in [-0.39, 0.29) is 11.6 Å². The third-order valence-corrected chi connectivity index (χ3v) is 8.84. The van der Waals surface area contributed by atoms with E-state index in [1.165, 1.54) is 34.8 Å². The first-order valence-electron chi connectivity index (χ1n) is 13.2. The van der Waals surface area contributed by atoms with Gasteiger partial charge in [-0.25, -0.2) is 4.68 Å². The summed E-state index contributed by atoms with van der Waals surface area (Å²) < 4.78 is 21.0. The molecular formula is C31H28Cl2N5O4P. The Labute approximate surface area is 258 Å². The van der Waals surface area contributed by atoms with E-state index >= 15 is 0 Å². The number of pyridine rings is 1. The minimum Gasteiger partial charge on any atom is -0.495 e. The summed E-state index contributed by atoms with van der Waals surface area (Å²) in [5.74, 6) is -0.0587. The summed E-state index contributed by atoms with van der Waals surface area (Å²) in [4.78, 5) is 27.5. The smallest absolute Gasteiger partial charge is 0.252 e. The number of carbonyl (C=O) groups excluding carboxylic acids is 1. The quantitative estimate of drug-likeness (QED) is 0.197. The summed E-state index contributed by atoms with van der Waals surface area (Å²) in [7, 11) is -0.968. The molecule has 0 aliphatic carbocycles. The van der Waals surface area contributed by atoms with Crippen LogP contribution in [-0.2, 0) is 15.8 Å². The molecule has 1 amide bonds. The van der Waals surface area contributed by atoms with Crippen LogP contribution in [0, 0.1) is 0 Å². The molecule has 5 aromatic rings. The second kappa shape index (κ2) is 12.6. The summed E-state index contributed by atoms with van der Waals surface area (Å²) in [6.07, 6.45) is 3.30. The summed E-state index contributed by atoms with van der Waals surface area (Å²) in [6, 6.07) is 21.9. The fourth-order valence-corrected chi connectivity index (χ4v) is 5.88. The highest BCUT2D eigenvalue weighted by Gasteiger charge is 2.25. The van der Waals surface area contributed by atoms with Gasteiger partial charge in [-0.3, -0.25) is 14.2 Å². The molecule has 0 saturated heterocycles. The van der Waals surface area contributed by atoms with Crippen LogP contribution in [-0.4, -0.2) is 45.9 Å². The Morgan fingerprint density at radius 1 is 0.977 bits per heavy atom. The van der Waals surface area contributed by atoms with Crippen LogP contribution in [0.25, 0.3) is 16.8 Å². The Balaban J connectivity index is 1.57. The van der Waals surface area contributed by atoms with Crippen LogP contribution >= 0.6 is 30.3 Å². The van der Waals surface area contributed by atoms with Gasteiger partial charge in [-0.05, 0) is 61.4 Å². The van der Waals surface area contributed by atoms with E-state index in [1.54, 1.807) is 55.8 Å². The molecule has 1 atom stereocenters. The van der Waals surface area contributed by atoms with Gasteiger partial charge in [0.15, 0.2) is 5.15 Å². The number of aromatic nitrogens is 4. The monoisotopic (exact) mass is 635 g/mol. The highest BCUT2D eigenvalue weighted by Crippen LogP contribution is 2.36. The number of rotatable bonds is 9. The second-order valence-corrected chi connectivity index (χ2v) is 14.3. The Hall–Kier alpha value is -4.17. The maximum Gasteiger partial charge on any atom is 0.252 e. The van der Waals surface area contributed by atoms with Crippen molar-refractivity contribution in [2.24, 2.45) is 0 Å². The summed E-state index contributed by atoms with van der Waals surface area (Å²) in [6.45, 7) is 3.38. The molecule has 1 N–H and O–H groups in total. The number of anilines is 1. The normalized spacial score (nSPS) is 12.1. The highest BCUT2D eigenvalue weighted by atomic mass is 35.5. The average Bonchev–Trinajstić information content (AvgIpc) is 3.42. The van der Waals surface area contributed by atoms with Crippen LogP contribution in [0.4, 0.5) is 5.69 Å². The van der Waals surface area contributed by atoms with Crippen LogP contribution in [0.3, 0.4) is 0 Å². The predicted molar refractivity (Wildman–Crippen MR) is 171 cm³/mol. The van der Waals surface area contributed by atoms with Crippen molar-refractivity contribution < 1.29 is 14.1 Å². The zero-order chi connectivity index (χ0) is 30.7. The van der Waals surface area contributed by atoms with Crippen molar-refractivity contribution in [3.05, 3.63) is 117 Å². The number of benzene rings is 3. The van der Waals surface area contributed by atoms with Gasteiger partial charge in [0.1, 0.15) is 18.9 Å². The van der Waals surface area contributed by atoms with Crippen LogP contribution in [0.15, 0.2) is 96.1 Å². The van der Waals surface area contributed by atoms with Crippen molar-refractivity contribution in [1.82, 2.24) is 19.6 Å². The standard InChI is InChI=1S/C31H28Cl2N5O4P/c1-42-28-18-37(30(39)17-25(28)24-16-21(32)9-14-26(24)38-19-29(33)35-36-38)27(15-20-7-5-4-6-8-20)31(40)34-22-10-12-23(13-11-22)43(2,3)41/h4-14,16-19,27H,15H2,1-3H3,(H,34,40)/t27-/m1/s1. The first-order chi connectivity index (χ1) is 20.5. The summed E-state index contributed by atoms with van der Waals surface area (Å²) >= 11 is 12.4. The van der Waals surface area contributed by atoms with Gasteiger partial charge in [0.25, 0.3) is 5.56 Å². The van der Waals surface area contributed by atoms with Crippen LogP contribution in [0.2, 0.25) is 10.2 Å². The Bertz CT molecular complexity index is 1880. The van der Waals surface area contributed by atoms with Crippen molar-refractivity contribution in [2.75, 3.05) is 25.8 Å². The van der Waals surface area contributed by atoms with Gasteiger partial charge in [0.2, 0.25) is 5.91 Å². The lowest BCUT2D eigenvalue weighted by atomic mass is 10.0. The average molecular weight is 636 g/mol. The number of hydrogen-bond acceptors (Lipinski definition) is 6. The van der Waals surface area contributed by atoms with E-state index in [0.717, 1.165) is 5.56 Å². The largest absolute Gasteiger partial charge is 0.495 e. The molecule has 0 aliphatic heterocycles. The maximum absolute atomic E-state index is 13.8. The van der Waals surface area contributed by atoms with Crippen LogP contribution in [0.1, 0.15) is 11.6 Å². The van der Waals surface area contributed by atoms with Crippen LogP contribution < -0.4 is 20.9 Å². The van der Waals surface area contributed by atoms with E-state index in [4.69, 9.17) is 27.9 Å². The van der Waals surface area contributed by atoms with Crippen LogP contribution in [0.5, 0.6) is 5.75 Å². The van der Waals surface area contributed by atoms with Crippen molar-refractivity contribution in [3.8, 4) is 22.6 Å². The van der Waals surface area contributed by atoms with E-state index in [2.05, 4.69) is 15.6 Å². The Morgan fingerprint density at radius 2 is 1.70 bits per heavy atom. The van der Waals surface area contributed by atoms with Gasteiger partial charge in [0.05, 0.1) is 25.2 Å². The Kier molecular flexibility index (Phi) is 8.87. The molecule has 0 radical (unpaired) electrons. The highest BCUT2D eigenvalue weighted by molar-refractivity contribution is 7.70. The molecule has 12 heteroatoms. The fraction of sp³-hybridized carbons (Fsp3) is 0.161. The minimum absolute atomic E-state index is 0.200. The first-order valence-corrected chi connectivity index (χ1v) is 16.6. The predicted octanol–water partition coefficient (Wildman–Crippen LogP) is 6.08. The number of hydrogen-bond donors (Lipinski definition) is 1. The number of halogens is 2. The molecule has 0 fully saturated rings. The van der Waals surface area contributed by atoms with E-state index in [0.29, 0.717) is 38.6 Å². The SMILES string of the molecule is COc1cn([C@H](Cc2ccccc2)C(=O)Nc2ccc(P(C)(C)=O)cc2)c(=O)cc1-c1cc(Cl)ccc1-n1cc(Cl)nn1. The van der Waals surface area contributed by atoms with Crippen molar-refractivity contribution in [3.63, 3.8) is 0 Å². The van der Waals surface area contributed by atoms with Gasteiger partial charge in [-0.2, -0.15) is 0 Å². The molecule has 43 heavy (non-hydrogen) atoms. The van der Waals surface area contributed by atoms with Gasteiger partial charge in [-0.1, -0.05) is 58.7 Å². The van der Waals surface area contributed by atoms with E-state index in [9.17, 15) is 14.2 Å². The number of nitrogens with zero attached hydrogens (tertiary/aromatic N) is 4. The molecule has 0 aliphatic rings. The molecule has 2 aromatic heterocycles. The van der Waals surface area contributed by atoms with E-state index in [1.807, 2.05) is 30.3 Å². The van der Waals surface area contributed by atoms with Gasteiger partial charge >= 0.3 is 0 Å². The number of methoxy groups -OCH3 is 1. The van der Waals surface area contributed by atoms with Crippen molar-refractivity contribution in [2.45, 2.75) is 12.5 Å². The molecular weight excluding hydrogens is 608 g/mol. The van der Waals surface area contributed by atoms with Crippen molar-refractivity contribution in [1.29, 1.82) is 0 Å². The van der Waals surface area contributed by atoms with Gasteiger partial charge in [-0.15, -0.1) is 5.10 Å². The molecule has 3 aromatic carbocycles. The summed E-state index contributed by atoms with van der Waals surface area (Å²) in [5, 5.41) is 12.2. The van der Waals surface area contributed by atoms with Crippen molar-refractivity contribution >= 4 is 47.2 Å². The number of nitrogens with one attached hydrogen (secondary N) is 1. The van der Waals surface area contributed by atoms with E-state index < -0.39 is 24.7 Å². The molecule has 0 spiro atoms. The lowest BCUT2D eigenvalue weighted by Gasteiger charge is -2.22. The molecule has 5 rings (SSSR count). The zero-order valence-corrected chi connectivity index (χ0v) is 26.0. The van der Waals surface area contributed by atoms with Gasteiger partial charge < -0.3 is 14.6 Å². The lowest BCUT2D eigenvalue weighted by molar-refractivity contribution is -0.119. The first kappa shape index (κ1) is 30.3. The van der Waals surface area contributed by atoms with Gasteiger partial charge in [0, 0.05) is 39.6 Å².